The van der Waals surface area contributed by atoms with Gasteiger partial charge in [-0.2, -0.15) is 0 Å². The first kappa shape index (κ1) is 13.0. The molecule has 2 N–H and O–H groups in total. The van der Waals surface area contributed by atoms with E-state index in [0.717, 1.165) is 0 Å². The third-order valence-electron chi connectivity index (χ3n) is 3.85. The topological polar surface area (TPSA) is 90.9 Å². The molecule has 2 aliphatic rings. The summed E-state index contributed by atoms with van der Waals surface area (Å²) in [4.78, 5) is 12.8. The summed E-state index contributed by atoms with van der Waals surface area (Å²) in [7, 11) is 0. The molecule has 0 radical (unpaired) electrons. The highest BCUT2D eigenvalue weighted by molar-refractivity contribution is 5.70. The number of anilines is 1. The smallest absolute Gasteiger partial charge is 0.296 e. The molecule has 2 heterocycles. The van der Waals surface area contributed by atoms with E-state index in [4.69, 9.17) is 15.2 Å². The largest absolute Gasteiger partial charge is 0.486 e. The summed E-state index contributed by atoms with van der Waals surface area (Å²) in [6, 6.07) is 3.17. The van der Waals surface area contributed by atoms with Crippen molar-refractivity contribution >= 4 is 11.4 Å². The highest BCUT2D eigenvalue weighted by atomic mass is 16.6. The number of rotatable bonds is 2. The van der Waals surface area contributed by atoms with E-state index >= 15 is 0 Å². The molecule has 2 aliphatic heterocycles. The van der Waals surface area contributed by atoms with Gasteiger partial charge in [-0.3, -0.25) is 10.1 Å². The van der Waals surface area contributed by atoms with E-state index in [9.17, 15) is 10.1 Å². The van der Waals surface area contributed by atoms with Crippen molar-refractivity contribution in [1.82, 2.24) is 0 Å². The predicted molar refractivity (Wildman–Crippen MR) is 73.4 cm³/mol. The van der Waals surface area contributed by atoms with E-state index in [1.165, 1.54) is 6.07 Å². The van der Waals surface area contributed by atoms with Crippen LogP contribution in [-0.2, 0) is 0 Å². The molecule has 0 amide bonds. The summed E-state index contributed by atoms with van der Waals surface area (Å²) in [6.45, 7) is 4.24. The fourth-order valence-electron chi connectivity index (χ4n) is 2.66. The van der Waals surface area contributed by atoms with Crippen LogP contribution in [0.15, 0.2) is 12.1 Å². The highest BCUT2D eigenvalue weighted by Gasteiger charge is 2.32. The lowest BCUT2D eigenvalue weighted by molar-refractivity contribution is -0.384. The van der Waals surface area contributed by atoms with Crippen LogP contribution in [0, 0.1) is 16.0 Å². The lowest BCUT2D eigenvalue weighted by atomic mass is 10.1. The van der Waals surface area contributed by atoms with E-state index in [1.54, 1.807) is 6.07 Å². The Labute approximate surface area is 116 Å². The second kappa shape index (κ2) is 4.82. The first-order valence-corrected chi connectivity index (χ1v) is 6.65. The minimum atomic E-state index is -0.387. The lowest BCUT2D eigenvalue weighted by Crippen LogP contribution is -2.28. The van der Waals surface area contributed by atoms with Crippen molar-refractivity contribution < 1.29 is 14.4 Å². The molecule has 1 fully saturated rings. The summed E-state index contributed by atoms with van der Waals surface area (Å²) in [5.74, 6) is 1.30. The first-order valence-electron chi connectivity index (χ1n) is 6.65. The number of nitro groups is 1. The molecular weight excluding hydrogens is 262 g/mol. The van der Waals surface area contributed by atoms with Crippen LogP contribution in [-0.4, -0.2) is 37.3 Å². The number of benzene rings is 1. The average Bonchev–Trinajstić information content (AvgIpc) is 2.77. The molecule has 1 saturated heterocycles. The molecule has 0 bridgehead atoms. The third kappa shape index (κ3) is 2.14. The van der Waals surface area contributed by atoms with Crippen LogP contribution in [0.25, 0.3) is 0 Å². The average molecular weight is 279 g/mol. The molecule has 2 atom stereocenters. The molecule has 0 spiro atoms. The monoisotopic (exact) mass is 279 g/mol. The SMILES string of the molecule is CC1CN(c2cc3c(cc2[N+](=O)[O-])OCCO3)CC1N. The van der Waals surface area contributed by atoms with Gasteiger partial charge in [0.15, 0.2) is 11.5 Å². The molecule has 7 heteroatoms. The van der Waals surface area contributed by atoms with E-state index in [0.29, 0.717) is 49.4 Å². The van der Waals surface area contributed by atoms with Gasteiger partial charge in [0.2, 0.25) is 0 Å². The molecular formula is C13H17N3O4. The Bertz CT molecular complexity index is 539. The predicted octanol–water partition coefficient (Wildman–Crippen LogP) is 1.15. The van der Waals surface area contributed by atoms with Crippen molar-refractivity contribution in [3.63, 3.8) is 0 Å². The first-order chi connectivity index (χ1) is 9.56. The Balaban J connectivity index is 2.02. The number of nitrogens with two attached hydrogens (primary N) is 1. The van der Waals surface area contributed by atoms with Crippen molar-refractivity contribution in [2.45, 2.75) is 13.0 Å². The van der Waals surface area contributed by atoms with Crippen molar-refractivity contribution in [3.8, 4) is 11.5 Å². The fraction of sp³-hybridized carbons (Fsp3) is 0.538. The Morgan fingerprint density at radius 3 is 2.50 bits per heavy atom. The number of ether oxygens (including phenoxy) is 2. The van der Waals surface area contributed by atoms with Crippen LogP contribution in [0.3, 0.4) is 0 Å². The minimum Gasteiger partial charge on any atom is -0.486 e. The second-order valence-electron chi connectivity index (χ2n) is 5.29. The number of hydrogen-bond acceptors (Lipinski definition) is 6. The summed E-state index contributed by atoms with van der Waals surface area (Å²) in [5, 5.41) is 11.3. The van der Waals surface area contributed by atoms with Crippen molar-refractivity contribution in [2.75, 3.05) is 31.2 Å². The van der Waals surface area contributed by atoms with Gasteiger partial charge in [0.25, 0.3) is 5.69 Å². The number of hydrogen-bond donors (Lipinski definition) is 1. The zero-order chi connectivity index (χ0) is 14.3. The molecule has 0 saturated carbocycles. The van der Waals surface area contributed by atoms with E-state index < -0.39 is 0 Å². The van der Waals surface area contributed by atoms with Crippen LogP contribution in [0.5, 0.6) is 11.5 Å². The standard InChI is InChI=1S/C13H17N3O4/c1-8-6-15(7-9(8)14)10-4-12-13(20-3-2-19-12)5-11(10)16(17)18/h4-5,8-9H,2-3,6-7,14H2,1H3. The summed E-state index contributed by atoms with van der Waals surface area (Å²) >= 11 is 0. The number of nitro benzene ring substituents is 1. The molecule has 1 aromatic carbocycles. The zero-order valence-electron chi connectivity index (χ0n) is 11.2. The maximum absolute atomic E-state index is 11.3. The lowest BCUT2D eigenvalue weighted by Gasteiger charge is -2.23. The van der Waals surface area contributed by atoms with Gasteiger partial charge in [0.05, 0.1) is 11.0 Å². The van der Waals surface area contributed by atoms with Crippen LogP contribution in [0.4, 0.5) is 11.4 Å². The van der Waals surface area contributed by atoms with Crippen molar-refractivity contribution in [1.29, 1.82) is 0 Å². The van der Waals surface area contributed by atoms with Crippen molar-refractivity contribution in [2.24, 2.45) is 11.7 Å². The third-order valence-corrected chi connectivity index (χ3v) is 3.85. The Kier molecular flexibility index (Phi) is 3.13. The van der Waals surface area contributed by atoms with Crippen molar-refractivity contribution in [3.05, 3.63) is 22.2 Å². The molecule has 108 valence electrons. The van der Waals surface area contributed by atoms with Crippen LogP contribution in [0.1, 0.15) is 6.92 Å². The maximum atomic E-state index is 11.3. The normalized spacial score (nSPS) is 24.8. The van der Waals surface area contributed by atoms with Crippen LogP contribution in [0.2, 0.25) is 0 Å². The zero-order valence-corrected chi connectivity index (χ0v) is 11.2. The van der Waals surface area contributed by atoms with Crippen LogP contribution >= 0.6 is 0 Å². The Morgan fingerprint density at radius 1 is 1.30 bits per heavy atom. The molecule has 0 aromatic heterocycles. The fourth-order valence-corrected chi connectivity index (χ4v) is 2.66. The van der Waals surface area contributed by atoms with E-state index in [2.05, 4.69) is 6.92 Å². The Morgan fingerprint density at radius 2 is 1.95 bits per heavy atom. The molecule has 0 aliphatic carbocycles. The van der Waals surface area contributed by atoms with E-state index in [-0.39, 0.29) is 16.7 Å². The molecule has 1 aromatic rings. The van der Waals surface area contributed by atoms with Crippen LogP contribution < -0.4 is 20.1 Å². The maximum Gasteiger partial charge on any atom is 0.296 e. The number of nitrogens with zero attached hydrogens (tertiary/aromatic N) is 2. The van der Waals surface area contributed by atoms with Gasteiger partial charge in [-0.15, -0.1) is 0 Å². The van der Waals surface area contributed by atoms with E-state index in [1.807, 2.05) is 4.90 Å². The van der Waals surface area contributed by atoms with Gasteiger partial charge < -0.3 is 20.1 Å². The van der Waals surface area contributed by atoms with Gasteiger partial charge >= 0.3 is 0 Å². The summed E-state index contributed by atoms with van der Waals surface area (Å²) in [5.41, 5.74) is 6.59. The second-order valence-corrected chi connectivity index (χ2v) is 5.29. The molecule has 7 nitrogen and oxygen atoms in total. The van der Waals surface area contributed by atoms with Gasteiger partial charge in [0, 0.05) is 25.2 Å². The Hall–Kier alpha value is -2.02. The number of fused-ring (bicyclic) bond motifs is 1. The van der Waals surface area contributed by atoms with Gasteiger partial charge in [-0.25, -0.2) is 0 Å². The molecule has 20 heavy (non-hydrogen) atoms. The summed E-state index contributed by atoms with van der Waals surface area (Å²) < 4.78 is 10.9. The van der Waals surface area contributed by atoms with Gasteiger partial charge in [-0.1, -0.05) is 6.92 Å². The quantitative estimate of drug-likeness (QED) is 0.645. The van der Waals surface area contributed by atoms with Gasteiger partial charge in [0.1, 0.15) is 18.9 Å². The minimum absolute atomic E-state index is 0.0304. The molecule has 3 rings (SSSR count). The highest BCUT2D eigenvalue weighted by Crippen LogP contribution is 2.42. The summed E-state index contributed by atoms with van der Waals surface area (Å²) in [6.07, 6.45) is 0. The van der Waals surface area contributed by atoms with Gasteiger partial charge in [-0.05, 0) is 5.92 Å². The molecule has 2 unspecified atom stereocenters.